The predicted octanol–water partition coefficient (Wildman–Crippen LogP) is -0.146. The first-order valence-corrected chi connectivity index (χ1v) is 4.07. The molecule has 1 atom stereocenters. The van der Waals surface area contributed by atoms with Crippen LogP contribution in [0.5, 0.6) is 0 Å². The van der Waals surface area contributed by atoms with Crippen molar-refractivity contribution < 1.29 is 14.0 Å². The molecule has 0 aromatic carbocycles. The highest BCUT2D eigenvalue weighted by Crippen LogP contribution is 2.41. The van der Waals surface area contributed by atoms with Crippen LogP contribution < -0.4 is 0 Å². The first-order valence-electron chi connectivity index (χ1n) is 4.07. The fourth-order valence-electron chi connectivity index (χ4n) is 1.34. The Labute approximate surface area is 94.4 Å². The molecule has 0 spiro atoms. The lowest BCUT2D eigenvalue weighted by Crippen LogP contribution is -2.55. The van der Waals surface area contributed by atoms with Gasteiger partial charge < -0.3 is 0 Å². The van der Waals surface area contributed by atoms with Crippen molar-refractivity contribution in [1.29, 1.82) is 21.0 Å². The second kappa shape index (κ2) is 3.52. The SMILES string of the molecule is N#CC1=CC(=O)C(F)(C#N)C(C#N)(C#N)C1=O. The van der Waals surface area contributed by atoms with E-state index in [0.717, 1.165) is 18.2 Å². The third kappa shape index (κ3) is 1.14. The summed E-state index contributed by atoms with van der Waals surface area (Å²) in [6, 6.07) is 4.21. The van der Waals surface area contributed by atoms with E-state index in [2.05, 4.69) is 0 Å². The molecular weight excluding hydrogens is 227 g/mol. The number of halogens is 1. The molecule has 0 saturated carbocycles. The summed E-state index contributed by atoms with van der Waals surface area (Å²) >= 11 is 0. The number of nitriles is 4. The van der Waals surface area contributed by atoms with Crippen molar-refractivity contribution >= 4 is 11.6 Å². The maximum absolute atomic E-state index is 14.0. The van der Waals surface area contributed by atoms with Gasteiger partial charge in [-0.1, -0.05) is 0 Å². The highest BCUT2D eigenvalue weighted by atomic mass is 19.1. The van der Waals surface area contributed by atoms with Gasteiger partial charge >= 0.3 is 0 Å². The number of hydrogen-bond donors (Lipinski definition) is 0. The van der Waals surface area contributed by atoms with Gasteiger partial charge in [-0.15, -0.1) is 0 Å². The molecule has 0 aromatic rings. The lowest BCUT2D eigenvalue weighted by atomic mass is 9.65. The van der Waals surface area contributed by atoms with Gasteiger partial charge in [0.25, 0.3) is 11.1 Å². The van der Waals surface area contributed by atoms with Crippen molar-refractivity contribution in [2.75, 3.05) is 0 Å². The van der Waals surface area contributed by atoms with E-state index in [9.17, 15) is 14.0 Å². The molecule has 0 heterocycles. The Kier molecular flexibility index (Phi) is 2.49. The summed E-state index contributed by atoms with van der Waals surface area (Å²) in [6.07, 6.45) is 0.332. The molecule has 0 radical (unpaired) electrons. The second-order valence-corrected chi connectivity index (χ2v) is 3.11. The number of alkyl halides is 1. The third-order valence-corrected chi connectivity index (χ3v) is 2.33. The molecule has 0 aliphatic heterocycles. The average Bonchev–Trinajstić information content (AvgIpc) is 2.35. The van der Waals surface area contributed by atoms with E-state index in [1.54, 1.807) is 0 Å². The van der Waals surface area contributed by atoms with Crippen LogP contribution in [0.4, 0.5) is 4.39 Å². The van der Waals surface area contributed by atoms with Crippen LogP contribution in [0.25, 0.3) is 0 Å². The van der Waals surface area contributed by atoms with Crippen LogP contribution in [-0.4, -0.2) is 17.2 Å². The molecule has 1 aliphatic rings. The molecule has 1 unspecified atom stereocenters. The van der Waals surface area contributed by atoms with Gasteiger partial charge in [-0.25, -0.2) is 4.39 Å². The zero-order valence-corrected chi connectivity index (χ0v) is 8.06. The molecule has 17 heavy (non-hydrogen) atoms. The number of allylic oxidation sites excluding steroid dienone is 2. The zero-order valence-electron chi connectivity index (χ0n) is 8.06. The van der Waals surface area contributed by atoms with E-state index in [0.29, 0.717) is 6.08 Å². The molecule has 0 N–H and O–H groups in total. The Morgan fingerprint density at radius 3 is 1.94 bits per heavy atom. The smallest absolute Gasteiger partial charge is 0.290 e. The molecule has 0 fully saturated rings. The van der Waals surface area contributed by atoms with Gasteiger partial charge in [0, 0.05) is 6.08 Å². The Morgan fingerprint density at radius 2 is 1.59 bits per heavy atom. The van der Waals surface area contributed by atoms with Gasteiger partial charge in [0.15, 0.2) is 0 Å². The minimum Gasteiger partial charge on any atom is -0.290 e. The van der Waals surface area contributed by atoms with E-state index in [1.807, 2.05) is 0 Å². The van der Waals surface area contributed by atoms with Crippen LogP contribution in [0.2, 0.25) is 0 Å². The van der Waals surface area contributed by atoms with Crippen LogP contribution in [0.1, 0.15) is 0 Å². The van der Waals surface area contributed by atoms with Crippen LogP contribution >= 0.6 is 0 Å². The second-order valence-electron chi connectivity index (χ2n) is 3.11. The summed E-state index contributed by atoms with van der Waals surface area (Å²) in [5, 5.41) is 34.6. The van der Waals surface area contributed by atoms with Crippen LogP contribution in [-0.2, 0) is 9.59 Å². The summed E-state index contributed by atoms with van der Waals surface area (Å²) in [5.41, 5.74) is -7.53. The summed E-state index contributed by atoms with van der Waals surface area (Å²) in [5.74, 6) is -3.03. The predicted molar refractivity (Wildman–Crippen MR) is 46.8 cm³/mol. The molecule has 0 aromatic heterocycles. The maximum Gasteiger partial charge on any atom is 0.296 e. The Balaban J connectivity index is 3.77. The van der Waals surface area contributed by atoms with Gasteiger partial charge in [0.05, 0.1) is 12.1 Å². The minimum atomic E-state index is -3.59. The van der Waals surface area contributed by atoms with E-state index >= 15 is 0 Å². The summed E-state index contributed by atoms with van der Waals surface area (Å²) in [4.78, 5) is 22.9. The van der Waals surface area contributed by atoms with Crippen molar-refractivity contribution in [3.05, 3.63) is 11.6 Å². The highest BCUT2D eigenvalue weighted by molar-refractivity contribution is 6.21. The van der Waals surface area contributed by atoms with Crippen molar-refractivity contribution in [2.24, 2.45) is 5.41 Å². The van der Waals surface area contributed by atoms with Crippen LogP contribution in [0, 0.1) is 50.7 Å². The summed E-state index contributed by atoms with van der Waals surface area (Å²) < 4.78 is 14.0. The normalized spacial score (nSPS) is 25.8. The third-order valence-electron chi connectivity index (χ3n) is 2.33. The van der Waals surface area contributed by atoms with Crippen molar-refractivity contribution in [3.8, 4) is 24.3 Å². The molecule has 6 nitrogen and oxygen atoms in total. The first-order chi connectivity index (χ1) is 7.93. The van der Waals surface area contributed by atoms with Gasteiger partial charge in [-0.3, -0.25) is 9.59 Å². The van der Waals surface area contributed by atoms with E-state index < -0.39 is 28.2 Å². The van der Waals surface area contributed by atoms with E-state index in [-0.39, 0.29) is 0 Å². The van der Waals surface area contributed by atoms with Gasteiger partial charge in [0.1, 0.15) is 17.7 Å². The number of carbonyl (C=O) groups is 2. The van der Waals surface area contributed by atoms with Gasteiger partial charge in [-0.05, 0) is 0 Å². The quantitative estimate of drug-likeness (QED) is 0.566. The number of carbonyl (C=O) groups excluding carboxylic acids is 2. The van der Waals surface area contributed by atoms with Crippen molar-refractivity contribution in [1.82, 2.24) is 0 Å². The minimum absolute atomic E-state index is 0.332. The number of ketones is 2. The molecule has 0 saturated heterocycles. The molecule has 7 heteroatoms. The Hall–Kier alpha value is -3.03. The fourth-order valence-corrected chi connectivity index (χ4v) is 1.34. The number of nitrogens with zero attached hydrogens (tertiary/aromatic N) is 4. The van der Waals surface area contributed by atoms with Gasteiger partial charge in [0.2, 0.25) is 11.6 Å². The first kappa shape index (κ1) is 12.0. The van der Waals surface area contributed by atoms with Crippen molar-refractivity contribution in [3.63, 3.8) is 0 Å². The lowest BCUT2D eigenvalue weighted by molar-refractivity contribution is -0.136. The molecule has 1 aliphatic carbocycles. The molecule has 1 rings (SSSR count). The van der Waals surface area contributed by atoms with Crippen LogP contribution in [0.15, 0.2) is 11.6 Å². The molecule has 80 valence electrons. The number of rotatable bonds is 0. The summed E-state index contributed by atoms with van der Waals surface area (Å²) in [7, 11) is 0. The highest BCUT2D eigenvalue weighted by Gasteiger charge is 2.67. The maximum atomic E-state index is 14.0. The van der Waals surface area contributed by atoms with E-state index in [1.165, 1.54) is 6.07 Å². The average molecular weight is 228 g/mol. The Bertz CT molecular complexity index is 609. The molecule has 0 bridgehead atoms. The number of hydrogen-bond acceptors (Lipinski definition) is 6. The Morgan fingerprint density at radius 1 is 1.06 bits per heavy atom. The molecular formula is C10HFN4O2. The molecule has 0 amide bonds. The fraction of sp³-hybridized carbons (Fsp3) is 0.200. The zero-order chi connectivity index (χ0) is 13.3. The summed E-state index contributed by atoms with van der Waals surface area (Å²) in [6.45, 7) is 0. The van der Waals surface area contributed by atoms with Gasteiger partial charge in [-0.2, -0.15) is 21.0 Å². The van der Waals surface area contributed by atoms with E-state index in [4.69, 9.17) is 21.0 Å². The number of Topliss-reactive ketones (excluding diaryl/α,β-unsaturated/α-hetero) is 1. The topological polar surface area (TPSA) is 129 Å². The monoisotopic (exact) mass is 228 g/mol. The lowest BCUT2D eigenvalue weighted by Gasteiger charge is -2.29. The largest absolute Gasteiger partial charge is 0.296 e. The van der Waals surface area contributed by atoms with Crippen LogP contribution in [0.3, 0.4) is 0 Å². The standard InChI is InChI=1S/C10HFN4O2/c11-10(5-15)7(16)1-6(2-12)8(17)9(10,3-13)4-14/h1H. The van der Waals surface area contributed by atoms with Crippen molar-refractivity contribution in [2.45, 2.75) is 5.67 Å².